The minimum Gasteiger partial charge on any atom is -0.379 e. The van der Waals surface area contributed by atoms with Crippen molar-refractivity contribution in [2.45, 2.75) is 31.0 Å². The van der Waals surface area contributed by atoms with Gasteiger partial charge in [-0.25, -0.2) is 0 Å². The third kappa shape index (κ3) is 2.80. The van der Waals surface area contributed by atoms with Crippen LogP contribution in [0.3, 0.4) is 0 Å². The van der Waals surface area contributed by atoms with Crippen LogP contribution in [0.2, 0.25) is 0 Å². The molecule has 0 aliphatic carbocycles. The number of carbonyl (C=O) groups excluding carboxylic acids is 1. The van der Waals surface area contributed by atoms with E-state index >= 15 is 0 Å². The number of likely N-dealkylation sites (tertiary alicyclic amines) is 1. The van der Waals surface area contributed by atoms with Crippen LogP contribution in [0.15, 0.2) is 42.5 Å². The molecule has 0 bridgehead atoms. The fraction of sp³-hybridized carbons (Fsp3) is 0.450. The Labute approximate surface area is 142 Å². The van der Waals surface area contributed by atoms with Crippen molar-refractivity contribution in [3.8, 4) is 0 Å². The standard InChI is InChI=1S/C20H23NO3/c1-23-18-13-20(24-14-18)8-10-21(11-9-20)19(22)17-7-6-15-4-2-3-5-16(15)12-17/h2-7,12,18H,8-11,13-14H2,1H3. The second-order valence-corrected chi connectivity index (χ2v) is 6.91. The topological polar surface area (TPSA) is 38.8 Å². The van der Waals surface area contributed by atoms with Crippen molar-refractivity contribution >= 4 is 16.7 Å². The third-order valence-corrected chi connectivity index (χ3v) is 5.47. The molecule has 4 rings (SSSR count). The van der Waals surface area contributed by atoms with E-state index in [1.54, 1.807) is 7.11 Å². The van der Waals surface area contributed by atoms with Gasteiger partial charge in [-0.05, 0) is 35.7 Å². The molecule has 2 aliphatic heterocycles. The lowest BCUT2D eigenvalue weighted by atomic mass is 9.87. The predicted molar refractivity (Wildman–Crippen MR) is 93.2 cm³/mol. The van der Waals surface area contributed by atoms with E-state index in [2.05, 4.69) is 12.1 Å². The molecule has 24 heavy (non-hydrogen) atoms. The number of benzene rings is 2. The Kier molecular flexibility index (Phi) is 4.02. The molecule has 0 radical (unpaired) electrons. The summed E-state index contributed by atoms with van der Waals surface area (Å²) >= 11 is 0. The first-order chi connectivity index (χ1) is 11.7. The highest BCUT2D eigenvalue weighted by Crippen LogP contribution is 2.37. The highest BCUT2D eigenvalue weighted by molar-refractivity contribution is 5.98. The Morgan fingerprint density at radius 3 is 2.62 bits per heavy atom. The zero-order valence-electron chi connectivity index (χ0n) is 14.0. The van der Waals surface area contributed by atoms with Gasteiger partial charge in [0.1, 0.15) is 0 Å². The van der Waals surface area contributed by atoms with E-state index in [0.717, 1.165) is 48.7 Å². The number of methoxy groups -OCH3 is 1. The van der Waals surface area contributed by atoms with Gasteiger partial charge in [0, 0.05) is 32.2 Å². The van der Waals surface area contributed by atoms with Gasteiger partial charge in [-0.2, -0.15) is 0 Å². The molecule has 2 aliphatic rings. The lowest BCUT2D eigenvalue weighted by molar-refractivity contribution is -0.0402. The minimum absolute atomic E-state index is 0.0825. The molecule has 2 aromatic carbocycles. The van der Waals surface area contributed by atoms with Gasteiger partial charge in [0.25, 0.3) is 5.91 Å². The van der Waals surface area contributed by atoms with Gasteiger partial charge < -0.3 is 14.4 Å². The fourth-order valence-electron chi connectivity index (χ4n) is 3.92. The zero-order chi connectivity index (χ0) is 16.6. The zero-order valence-corrected chi connectivity index (χ0v) is 14.0. The molecular formula is C20H23NO3. The average Bonchev–Trinajstić information content (AvgIpc) is 3.04. The van der Waals surface area contributed by atoms with Crippen molar-refractivity contribution < 1.29 is 14.3 Å². The van der Waals surface area contributed by atoms with Crippen LogP contribution in [0.4, 0.5) is 0 Å². The fourth-order valence-corrected chi connectivity index (χ4v) is 3.92. The third-order valence-electron chi connectivity index (χ3n) is 5.47. The van der Waals surface area contributed by atoms with Gasteiger partial charge >= 0.3 is 0 Å². The van der Waals surface area contributed by atoms with Crippen molar-refractivity contribution in [1.29, 1.82) is 0 Å². The Hall–Kier alpha value is -1.91. The molecule has 4 nitrogen and oxygen atoms in total. The van der Waals surface area contributed by atoms with Crippen LogP contribution in [0.1, 0.15) is 29.6 Å². The Balaban J connectivity index is 1.46. The van der Waals surface area contributed by atoms with Crippen LogP contribution in [0, 0.1) is 0 Å². The van der Waals surface area contributed by atoms with E-state index < -0.39 is 0 Å². The Morgan fingerprint density at radius 1 is 1.17 bits per heavy atom. The van der Waals surface area contributed by atoms with Gasteiger partial charge in [-0.15, -0.1) is 0 Å². The Bertz CT molecular complexity index is 749. The van der Waals surface area contributed by atoms with Crippen molar-refractivity contribution in [3.63, 3.8) is 0 Å². The van der Waals surface area contributed by atoms with E-state index in [1.807, 2.05) is 35.2 Å². The van der Waals surface area contributed by atoms with Crippen LogP contribution >= 0.6 is 0 Å². The summed E-state index contributed by atoms with van der Waals surface area (Å²) in [5, 5.41) is 2.27. The smallest absolute Gasteiger partial charge is 0.253 e. The molecule has 2 fully saturated rings. The molecule has 0 saturated carbocycles. The highest BCUT2D eigenvalue weighted by atomic mass is 16.6. The lowest BCUT2D eigenvalue weighted by Gasteiger charge is -2.38. The summed E-state index contributed by atoms with van der Waals surface area (Å²) in [5.41, 5.74) is 0.688. The summed E-state index contributed by atoms with van der Waals surface area (Å²) in [4.78, 5) is 14.8. The molecule has 4 heteroatoms. The number of fused-ring (bicyclic) bond motifs is 1. The number of piperidine rings is 1. The molecule has 1 unspecified atom stereocenters. The molecule has 2 heterocycles. The van der Waals surface area contributed by atoms with E-state index in [1.165, 1.54) is 0 Å². The maximum atomic E-state index is 12.8. The van der Waals surface area contributed by atoms with Gasteiger partial charge in [-0.1, -0.05) is 30.3 Å². The predicted octanol–water partition coefficient (Wildman–Crippen LogP) is 3.25. The van der Waals surface area contributed by atoms with E-state index in [-0.39, 0.29) is 17.6 Å². The van der Waals surface area contributed by atoms with Crippen LogP contribution in [-0.2, 0) is 9.47 Å². The number of hydrogen-bond acceptors (Lipinski definition) is 3. The number of rotatable bonds is 2. The van der Waals surface area contributed by atoms with Gasteiger partial charge in [-0.3, -0.25) is 4.79 Å². The Morgan fingerprint density at radius 2 is 1.92 bits per heavy atom. The maximum absolute atomic E-state index is 12.8. The minimum atomic E-state index is -0.0825. The van der Waals surface area contributed by atoms with Crippen molar-refractivity contribution in [2.24, 2.45) is 0 Å². The molecular weight excluding hydrogens is 302 g/mol. The second kappa shape index (κ2) is 6.19. The first-order valence-corrected chi connectivity index (χ1v) is 8.64. The van der Waals surface area contributed by atoms with Crippen molar-refractivity contribution in [2.75, 3.05) is 26.8 Å². The molecule has 0 N–H and O–H groups in total. The summed E-state index contributed by atoms with van der Waals surface area (Å²) in [6.45, 7) is 2.18. The van der Waals surface area contributed by atoms with Crippen LogP contribution in [0.5, 0.6) is 0 Å². The van der Waals surface area contributed by atoms with Gasteiger partial charge in [0.05, 0.1) is 18.3 Å². The van der Waals surface area contributed by atoms with Crippen LogP contribution in [-0.4, -0.2) is 49.3 Å². The second-order valence-electron chi connectivity index (χ2n) is 6.91. The summed E-state index contributed by atoms with van der Waals surface area (Å²) in [5.74, 6) is 0.122. The molecule has 1 spiro atoms. The molecule has 2 aromatic rings. The SMILES string of the molecule is COC1COC2(CCN(C(=O)c3ccc4ccccc4c3)CC2)C1. The van der Waals surface area contributed by atoms with Gasteiger partial charge in [0.2, 0.25) is 0 Å². The summed E-state index contributed by atoms with van der Waals surface area (Å²) in [6.07, 6.45) is 2.94. The first-order valence-electron chi connectivity index (χ1n) is 8.64. The average molecular weight is 325 g/mol. The van der Waals surface area contributed by atoms with Crippen LogP contribution in [0.25, 0.3) is 10.8 Å². The number of amides is 1. The molecule has 1 atom stereocenters. The monoisotopic (exact) mass is 325 g/mol. The molecule has 2 saturated heterocycles. The van der Waals surface area contributed by atoms with Crippen molar-refractivity contribution in [1.82, 2.24) is 4.90 Å². The largest absolute Gasteiger partial charge is 0.379 e. The normalized spacial score (nSPS) is 23.0. The summed E-state index contributed by atoms with van der Waals surface area (Å²) in [6, 6.07) is 14.1. The number of carbonyl (C=O) groups is 1. The number of nitrogens with zero attached hydrogens (tertiary/aromatic N) is 1. The summed E-state index contributed by atoms with van der Waals surface area (Å²) in [7, 11) is 1.74. The van der Waals surface area contributed by atoms with E-state index in [4.69, 9.17) is 9.47 Å². The molecule has 0 aromatic heterocycles. The molecule has 1 amide bonds. The maximum Gasteiger partial charge on any atom is 0.253 e. The first kappa shape index (κ1) is 15.6. The quantitative estimate of drug-likeness (QED) is 0.851. The van der Waals surface area contributed by atoms with E-state index in [0.29, 0.717) is 6.61 Å². The highest BCUT2D eigenvalue weighted by Gasteiger charge is 2.43. The molecule has 126 valence electrons. The van der Waals surface area contributed by atoms with Gasteiger partial charge in [0.15, 0.2) is 0 Å². The number of hydrogen-bond donors (Lipinski definition) is 0. The number of ether oxygens (including phenoxy) is 2. The summed E-state index contributed by atoms with van der Waals surface area (Å²) < 4.78 is 11.4. The van der Waals surface area contributed by atoms with E-state index in [9.17, 15) is 4.79 Å². The lowest BCUT2D eigenvalue weighted by Crippen LogP contribution is -2.46. The van der Waals surface area contributed by atoms with Crippen molar-refractivity contribution in [3.05, 3.63) is 48.0 Å². The van der Waals surface area contributed by atoms with Crippen LogP contribution < -0.4 is 0 Å².